The Labute approximate surface area is 335 Å². The molecule has 8 N–H and O–H groups in total. The van der Waals surface area contributed by atoms with Crippen molar-refractivity contribution < 1.29 is 54.4 Å². The van der Waals surface area contributed by atoms with Crippen molar-refractivity contribution in [3.63, 3.8) is 0 Å². The van der Waals surface area contributed by atoms with Crippen LogP contribution in [0.15, 0.2) is 77.3 Å². The molecule has 1 unspecified atom stereocenters. The van der Waals surface area contributed by atoms with Gasteiger partial charge in [-0.1, -0.05) is 103 Å². The second-order valence-electron chi connectivity index (χ2n) is 15.7. The summed E-state index contributed by atoms with van der Waals surface area (Å²) < 4.78 is 17.9. The first-order chi connectivity index (χ1) is 26.9. The molecule has 3 heterocycles. The number of carbonyl (C=O) groups excluding carboxylic acids is 2. The number of carbonyl (C=O) groups is 2. The maximum Gasteiger partial charge on any atom is 0.262 e. The molecule has 0 radical (unpaired) electrons. The third-order valence-electron chi connectivity index (χ3n) is 11.1. The van der Waals surface area contributed by atoms with Gasteiger partial charge in [-0.2, -0.15) is 0 Å². The fourth-order valence-corrected chi connectivity index (χ4v) is 7.43. The van der Waals surface area contributed by atoms with Crippen LogP contribution in [0.3, 0.4) is 0 Å². The molecule has 2 aliphatic heterocycles. The Hall–Kier alpha value is -3.73. The van der Waals surface area contributed by atoms with Crippen molar-refractivity contribution in [2.45, 2.75) is 129 Å². The molecular formula is C43H64N2O12. The number of aliphatic hydroxyl groups excluding tert-OH is 4. The van der Waals surface area contributed by atoms with Crippen LogP contribution in [-0.4, -0.2) is 116 Å². The molecule has 318 valence electrons. The van der Waals surface area contributed by atoms with E-state index in [2.05, 4.69) is 10.3 Å². The summed E-state index contributed by atoms with van der Waals surface area (Å²) in [5.41, 5.74) is -1.07. The highest BCUT2D eigenvalue weighted by Crippen LogP contribution is 2.44. The van der Waals surface area contributed by atoms with Gasteiger partial charge in [-0.05, 0) is 37.8 Å². The van der Waals surface area contributed by atoms with Crippen LogP contribution in [0.5, 0.6) is 5.75 Å². The number of allylic oxidation sites excluding steroid dienone is 6. The van der Waals surface area contributed by atoms with Gasteiger partial charge >= 0.3 is 0 Å². The van der Waals surface area contributed by atoms with Gasteiger partial charge in [0, 0.05) is 37.1 Å². The Kier molecular flexibility index (Phi) is 17.8. The molecule has 1 aromatic heterocycles. The predicted octanol–water partition coefficient (Wildman–Crippen LogP) is 3.38. The molecule has 0 aromatic carbocycles. The van der Waals surface area contributed by atoms with E-state index in [1.54, 1.807) is 76.3 Å². The third kappa shape index (κ3) is 11.3. The Morgan fingerprint density at radius 1 is 1.02 bits per heavy atom. The van der Waals surface area contributed by atoms with Gasteiger partial charge < -0.3 is 55.2 Å². The van der Waals surface area contributed by atoms with Gasteiger partial charge in [-0.25, -0.2) is 0 Å². The zero-order chi connectivity index (χ0) is 42.7. The van der Waals surface area contributed by atoms with Crippen LogP contribution in [0, 0.1) is 23.2 Å². The number of aromatic hydroxyl groups is 1. The number of aromatic amines is 1. The Morgan fingerprint density at radius 3 is 2.35 bits per heavy atom. The average molecular weight is 801 g/mol. The Bertz CT molecular complexity index is 1700. The number of rotatable bonds is 19. The van der Waals surface area contributed by atoms with Gasteiger partial charge in [0.15, 0.2) is 5.78 Å². The number of Topliss-reactive ketones (excluding diaryl/α,β-unsaturated/α-hetero) is 1. The number of amides is 1. The fraction of sp³-hybridized carbons (Fsp3) is 0.605. The molecule has 0 bridgehead atoms. The van der Waals surface area contributed by atoms with E-state index in [1.807, 2.05) is 26.8 Å². The number of aromatic nitrogens is 1. The normalized spacial score (nSPS) is 30.3. The summed E-state index contributed by atoms with van der Waals surface area (Å²) in [5, 5.41) is 67.9. The summed E-state index contributed by atoms with van der Waals surface area (Å²) in [5.74, 6) is -5.86. The predicted molar refractivity (Wildman–Crippen MR) is 215 cm³/mol. The number of hydrogen-bond donors (Lipinski definition) is 8. The fourth-order valence-electron chi connectivity index (χ4n) is 7.43. The first kappa shape index (κ1) is 47.6. The minimum absolute atomic E-state index is 0.0944. The van der Waals surface area contributed by atoms with Crippen molar-refractivity contribution in [2.24, 2.45) is 23.2 Å². The topological polar surface area (TPSA) is 228 Å². The lowest BCUT2D eigenvalue weighted by Gasteiger charge is -2.53. The summed E-state index contributed by atoms with van der Waals surface area (Å²) in [6, 6.07) is 1.25. The molecule has 12 atom stereocenters. The third-order valence-corrected chi connectivity index (χ3v) is 11.1. The molecule has 57 heavy (non-hydrogen) atoms. The van der Waals surface area contributed by atoms with E-state index in [9.17, 15) is 45.0 Å². The summed E-state index contributed by atoms with van der Waals surface area (Å²) >= 11 is 0. The van der Waals surface area contributed by atoms with E-state index >= 15 is 0 Å². The SMILES string of the molecule is CCC/C=C/[C@@H]1O[C@](O)([C@H](CC)C(=O)NC/C=C/C=C(\C)[C@@H](OC)[C@@H](C)[C@@H]2O[C@H](/C=C/C=C/CC(C)C(=O)c3c(O)cc[nH]c3=O)[C@H](O)[C@@H]2O)[C@H](O)[C@H](O)C1(C)C. The van der Waals surface area contributed by atoms with Crippen molar-refractivity contribution in [1.29, 1.82) is 0 Å². The highest BCUT2D eigenvalue weighted by atomic mass is 16.7. The lowest BCUT2D eigenvalue weighted by molar-refractivity contribution is -0.360. The lowest BCUT2D eigenvalue weighted by atomic mass is 9.71. The molecule has 0 saturated carbocycles. The second-order valence-corrected chi connectivity index (χ2v) is 15.7. The first-order valence-corrected chi connectivity index (χ1v) is 19.7. The van der Waals surface area contributed by atoms with Crippen molar-refractivity contribution in [2.75, 3.05) is 13.7 Å². The number of hydrogen-bond acceptors (Lipinski definition) is 12. The Morgan fingerprint density at radius 2 is 1.72 bits per heavy atom. The maximum atomic E-state index is 13.3. The van der Waals surface area contributed by atoms with E-state index in [4.69, 9.17) is 14.2 Å². The molecule has 0 spiro atoms. The molecule has 2 aliphatic rings. The van der Waals surface area contributed by atoms with E-state index in [1.165, 1.54) is 19.4 Å². The molecule has 1 amide bonds. The second kappa shape index (κ2) is 21.3. The van der Waals surface area contributed by atoms with Gasteiger partial charge in [-0.15, -0.1) is 0 Å². The molecular weight excluding hydrogens is 736 g/mol. The van der Waals surface area contributed by atoms with Gasteiger partial charge in [0.1, 0.15) is 35.7 Å². The zero-order valence-corrected chi connectivity index (χ0v) is 34.4. The zero-order valence-electron chi connectivity index (χ0n) is 34.4. The number of methoxy groups -OCH3 is 1. The monoisotopic (exact) mass is 800 g/mol. The molecule has 3 rings (SSSR count). The van der Waals surface area contributed by atoms with Gasteiger partial charge in [0.2, 0.25) is 11.7 Å². The summed E-state index contributed by atoms with van der Waals surface area (Å²) in [6.45, 7) is 12.6. The highest BCUT2D eigenvalue weighted by Gasteiger charge is 2.60. The van der Waals surface area contributed by atoms with Crippen LogP contribution in [0.25, 0.3) is 0 Å². The van der Waals surface area contributed by atoms with Crippen molar-refractivity contribution >= 4 is 11.7 Å². The highest BCUT2D eigenvalue weighted by molar-refractivity contribution is 5.99. The van der Waals surface area contributed by atoms with Crippen molar-refractivity contribution in [1.82, 2.24) is 10.3 Å². The number of nitrogens with one attached hydrogen (secondary N) is 2. The van der Waals surface area contributed by atoms with Gasteiger partial charge in [0.25, 0.3) is 5.56 Å². The quantitative estimate of drug-likeness (QED) is 0.0573. The molecule has 1 aromatic rings. The first-order valence-electron chi connectivity index (χ1n) is 19.7. The van der Waals surface area contributed by atoms with Crippen LogP contribution in [-0.2, 0) is 19.0 Å². The van der Waals surface area contributed by atoms with Crippen LogP contribution in [0.2, 0.25) is 0 Å². The maximum absolute atomic E-state index is 13.3. The van der Waals surface area contributed by atoms with Crippen LogP contribution < -0.4 is 10.9 Å². The van der Waals surface area contributed by atoms with Crippen LogP contribution >= 0.6 is 0 Å². The van der Waals surface area contributed by atoms with Crippen molar-refractivity contribution in [3.05, 3.63) is 88.4 Å². The molecule has 2 fully saturated rings. The van der Waals surface area contributed by atoms with E-state index in [-0.39, 0.29) is 30.7 Å². The van der Waals surface area contributed by atoms with Crippen LogP contribution in [0.1, 0.15) is 84.5 Å². The van der Waals surface area contributed by atoms with Crippen molar-refractivity contribution in [3.8, 4) is 5.75 Å². The molecule has 2 saturated heterocycles. The summed E-state index contributed by atoms with van der Waals surface area (Å²) in [6.07, 6.45) is 10.6. The lowest BCUT2D eigenvalue weighted by Crippen LogP contribution is -2.69. The number of ether oxygens (including phenoxy) is 3. The van der Waals surface area contributed by atoms with Gasteiger partial charge in [0.05, 0.1) is 30.3 Å². The minimum atomic E-state index is -2.32. The molecule has 14 nitrogen and oxygen atoms in total. The number of unbranched alkanes of at least 4 members (excludes halogenated alkanes) is 1. The smallest absolute Gasteiger partial charge is 0.262 e. The Balaban J connectivity index is 1.57. The standard InChI is InChI=1S/C43H64N2O12/c1-9-11-13-21-31-42(6,7)38(50)39(51)43(54,57-31)28(10-2)40(52)44-23-17-16-19-26(4)36(55-8)27(5)37-35(49)34(48)30(56-37)20-15-12-14-18-25(3)33(47)32-29(46)22-24-45-41(32)53/h12-17,19-22,24-25,27-28,30-31,34-39,48-51,54H,9-11,18,23H2,1-8H3,(H,44,52)(H2,45,46,53)/b14-12+,17-16+,20-15+,21-13+,26-19+/t25?,27-,28-,30-,31+,34+,35+,36-,37+,38+,39-,43-/m1/s1. The van der Waals surface area contributed by atoms with E-state index in [0.717, 1.165) is 18.4 Å². The average Bonchev–Trinajstić information content (AvgIpc) is 3.45. The molecule has 0 aliphatic carbocycles. The number of pyridine rings is 1. The van der Waals surface area contributed by atoms with E-state index < -0.39 is 95.0 Å². The minimum Gasteiger partial charge on any atom is -0.507 e. The summed E-state index contributed by atoms with van der Waals surface area (Å²) in [7, 11) is 1.53. The largest absolute Gasteiger partial charge is 0.507 e. The number of ketones is 1. The summed E-state index contributed by atoms with van der Waals surface area (Å²) in [4.78, 5) is 40.4. The van der Waals surface area contributed by atoms with Gasteiger partial charge in [-0.3, -0.25) is 14.4 Å². The van der Waals surface area contributed by atoms with Crippen LogP contribution in [0.4, 0.5) is 0 Å². The van der Waals surface area contributed by atoms with E-state index in [0.29, 0.717) is 0 Å². The molecule has 14 heteroatoms. The number of aliphatic hydroxyl groups is 5. The number of H-pyrrole nitrogens is 1.